The Kier molecular flexibility index (Phi) is 14.4. The Hall–Kier alpha value is -6.06. The lowest BCUT2D eigenvalue weighted by Gasteiger charge is -2.35. The van der Waals surface area contributed by atoms with E-state index in [0.29, 0.717) is 29.9 Å². The fraction of sp³-hybridized carbons (Fsp3) is 0.333. The molecule has 0 spiro atoms. The van der Waals surface area contributed by atoms with Crippen molar-refractivity contribution in [2.75, 3.05) is 44.6 Å². The monoisotopic (exact) mass is 678 g/mol. The maximum Gasteiger partial charge on any atom is 0.409 e. The molecule has 0 radical (unpaired) electrons. The van der Waals surface area contributed by atoms with Gasteiger partial charge in [-0.25, -0.2) is 19.6 Å². The van der Waals surface area contributed by atoms with Crippen LogP contribution in [0.15, 0.2) is 60.7 Å². The lowest BCUT2D eigenvalue weighted by Crippen LogP contribution is -2.56. The summed E-state index contributed by atoms with van der Waals surface area (Å²) in [6.45, 7) is 2.85. The van der Waals surface area contributed by atoms with Crippen molar-refractivity contribution in [2.45, 2.75) is 32.2 Å². The second-order valence-corrected chi connectivity index (χ2v) is 10.5. The molecule has 3 amide bonds. The number of aromatic nitrogens is 2. The highest BCUT2D eigenvalue weighted by Gasteiger charge is 2.31. The zero-order valence-corrected chi connectivity index (χ0v) is 26.8. The molecule has 1 saturated heterocycles. The van der Waals surface area contributed by atoms with E-state index in [2.05, 4.69) is 20.6 Å². The van der Waals surface area contributed by atoms with E-state index in [0.717, 1.165) is 0 Å². The summed E-state index contributed by atoms with van der Waals surface area (Å²) in [6.07, 6.45) is -0.616. The summed E-state index contributed by atoms with van der Waals surface area (Å²) in [4.78, 5) is 82.4. The van der Waals surface area contributed by atoms with Gasteiger partial charge in [-0.05, 0) is 31.4 Å². The summed E-state index contributed by atoms with van der Waals surface area (Å²) < 4.78 is 5.02. The molecule has 1 aromatic heterocycles. The number of ether oxygens (including phenoxy) is 1. The number of nitrogens with zero attached hydrogens (tertiary/aromatic N) is 4. The summed E-state index contributed by atoms with van der Waals surface area (Å²) in [5, 5.41) is 31.5. The molecule has 3 aromatic rings. The molecule has 2 heterocycles. The predicted octanol–water partition coefficient (Wildman–Crippen LogP) is 2.46. The zero-order valence-electron chi connectivity index (χ0n) is 26.8. The van der Waals surface area contributed by atoms with Crippen molar-refractivity contribution in [3.05, 3.63) is 77.5 Å². The summed E-state index contributed by atoms with van der Waals surface area (Å²) in [6, 6.07) is 15.9. The Bertz CT molecular complexity index is 1610. The average molecular weight is 679 g/mol. The molecule has 16 heteroatoms. The first-order chi connectivity index (χ1) is 23.6. The van der Waals surface area contributed by atoms with Crippen molar-refractivity contribution in [1.29, 1.82) is 0 Å². The summed E-state index contributed by atoms with van der Waals surface area (Å²) in [7, 11) is 0. The lowest BCUT2D eigenvalue weighted by atomic mass is 10.0. The second kappa shape index (κ2) is 18.9. The van der Waals surface area contributed by atoms with Gasteiger partial charge < -0.3 is 40.5 Å². The normalized spacial score (nSPS) is 12.8. The van der Waals surface area contributed by atoms with Crippen LogP contribution in [0, 0.1) is 0 Å². The standard InChI is InChI=1S/C32H36N6O8.CH2O2/c1-2-46-32(45)38-18-16-37(17-19-38)30(42)24(12-13-27(39)40)35-29(41)25-20-26(36-28(34-25)22-9-4-3-5-10-22)33-15-14-21-8-6-7-11-23(21)31(43)44;2-1-3/h3-11,20,24H,2,12-19H2,1H3,(H,35,41)(H,39,40)(H,43,44)(H,33,34,36);1H,(H,2,3)/t24-;/m0./s1. The molecular formula is C33H38N6O10. The molecule has 16 nitrogen and oxygen atoms in total. The van der Waals surface area contributed by atoms with Crippen molar-refractivity contribution >= 4 is 42.1 Å². The molecule has 0 bridgehead atoms. The third-order valence-electron chi connectivity index (χ3n) is 7.31. The van der Waals surface area contributed by atoms with E-state index in [4.69, 9.17) is 14.6 Å². The van der Waals surface area contributed by atoms with E-state index in [1.807, 2.05) is 6.07 Å². The summed E-state index contributed by atoms with van der Waals surface area (Å²) in [5.74, 6) is -2.78. The van der Waals surface area contributed by atoms with E-state index in [-0.39, 0.29) is 69.2 Å². The van der Waals surface area contributed by atoms with Gasteiger partial charge in [0.25, 0.3) is 12.4 Å². The third kappa shape index (κ3) is 11.3. The molecular weight excluding hydrogens is 640 g/mol. The van der Waals surface area contributed by atoms with Crippen LogP contribution in [-0.4, -0.2) is 117 Å². The smallest absolute Gasteiger partial charge is 0.409 e. The molecule has 1 aliphatic heterocycles. The number of rotatable bonds is 13. The molecule has 49 heavy (non-hydrogen) atoms. The molecule has 5 N–H and O–H groups in total. The number of carbonyl (C=O) groups excluding carboxylic acids is 3. The van der Waals surface area contributed by atoms with Gasteiger partial charge in [-0.1, -0.05) is 48.5 Å². The number of carbonyl (C=O) groups is 6. The number of amides is 3. The predicted molar refractivity (Wildman–Crippen MR) is 175 cm³/mol. The number of hydrogen-bond acceptors (Lipinski definition) is 10. The van der Waals surface area contributed by atoms with Gasteiger partial charge in [0.1, 0.15) is 17.6 Å². The number of aromatic carboxylic acids is 1. The van der Waals surface area contributed by atoms with Gasteiger partial charge in [0, 0.05) is 50.8 Å². The summed E-state index contributed by atoms with van der Waals surface area (Å²) in [5.41, 5.74) is 1.40. The largest absolute Gasteiger partial charge is 0.483 e. The van der Waals surface area contributed by atoms with Crippen LogP contribution in [0.25, 0.3) is 11.4 Å². The average Bonchev–Trinajstić information content (AvgIpc) is 3.10. The number of anilines is 1. The van der Waals surface area contributed by atoms with Crippen LogP contribution in [-0.2, 0) is 25.5 Å². The van der Waals surface area contributed by atoms with Crippen molar-refractivity contribution < 1.29 is 48.8 Å². The van der Waals surface area contributed by atoms with E-state index >= 15 is 0 Å². The van der Waals surface area contributed by atoms with E-state index < -0.39 is 35.9 Å². The van der Waals surface area contributed by atoms with Crippen LogP contribution in [0.5, 0.6) is 0 Å². The molecule has 0 aliphatic carbocycles. The third-order valence-corrected chi connectivity index (χ3v) is 7.31. The lowest BCUT2D eigenvalue weighted by molar-refractivity contribution is -0.138. The first-order valence-corrected chi connectivity index (χ1v) is 15.4. The number of carboxylic acid groups (broad SMARTS) is 3. The first kappa shape index (κ1) is 37.4. The van der Waals surface area contributed by atoms with Crippen LogP contribution in [0.3, 0.4) is 0 Å². The van der Waals surface area contributed by atoms with Gasteiger partial charge in [-0.3, -0.25) is 19.2 Å². The van der Waals surface area contributed by atoms with Crippen LogP contribution in [0.2, 0.25) is 0 Å². The Labute approximate surface area is 281 Å². The zero-order chi connectivity index (χ0) is 35.8. The molecule has 0 unspecified atom stereocenters. The molecule has 0 saturated carbocycles. The Morgan fingerprint density at radius 1 is 0.939 bits per heavy atom. The number of benzene rings is 2. The fourth-order valence-electron chi connectivity index (χ4n) is 4.94. The topological polar surface area (TPSA) is 229 Å². The number of aliphatic carboxylic acids is 1. The van der Waals surface area contributed by atoms with E-state index in [9.17, 15) is 34.2 Å². The molecule has 4 rings (SSSR count). The highest BCUT2D eigenvalue weighted by atomic mass is 16.6. The minimum Gasteiger partial charge on any atom is -0.483 e. The Morgan fingerprint density at radius 2 is 1.57 bits per heavy atom. The van der Waals surface area contributed by atoms with Gasteiger partial charge in [-0.15, -0.1) is 0 Å². The number of carboxylic acids is 2. The van der Waals surface area contributed by atoms with Gasteiger partial charge in [0.05, 0.1) is 12.2 Å². The molecule has 1 aliphatic rings. The van der Waals surface area contributed by atoms with Crippen LogP contribution in [0.4, 0.5) is 10.6 Å². The number of hydrogen-bond donors (Lipinski definition) is 5. The molecule has 1 fully saturated rings. The van der Waals surface area contributed by atoms with E-state index in [1.54, 1.807) is 49.4 Å². The fourth-order valence-corrected chi connectivity index (χ4v) is 4.94. The van der Waals surface area contributed by atoms with Crippen LogP contribution < -0.4 is 10.6 Å². The minimum atomic E-state index is -1.16. The molecule has 260 valence electrons. The maximum atomic E-state index is 13.6. The Morgan fingerprint density at radius 3 is 2.20 bits per heavy atom. The van der Waals surface area contributed by atoms with E-state index in [1.165, 1.54) is 21.9 Å². The second-order valence-electron chi connectivity index (χ2n) is 10.5. The quantitative estimate of drug-likeness (QED) is 0.164. The van der Waals surface area contributed by atoms with Gasteiger partial charge in [0.2, 0.25) is 5.91 Å². The van der Waals surface area contributed by atoms with Gasteiger partial charge in [-0.2, -0.15) is 0 Å². The van der Waals surface area contributed by atoms with Gasteiger partial charge >= 0.3 is 18.0 Å². The first-order valence-electron chi connectivity index (χ1n) is 15.4. The van der Waals surface area contributed by atoms with Crippen molar-refractivity contribution in [3.8, 4) is 11.4 Å². The molecule has 1 atom stereocenters. The maximum absolute atomic E-state index is 13.6. The Balaban J connectivity index is 0.00000209. The van der Waals surface area contributed by atoms with Crippen molar-refractivity contribution in [3.63, 3.8) is 0 Å². The van der Waals surface area contributed by atoms with Crippen molar-refractivity contribution in [1.82, 2.24) is 25.1 Å². The van der Waals surface area contributed by atoms with Crippen LogP contribution >= 0.6 is 0 Å². The summed E-state index contributed by atoms with van der Waals surface area (Å²) >= 11 is 0. The number of nitrogens with one attached hydrogen (secondary N) is 2. The number of piperazine rings is 1. The SMILES string of the molecule is CCOC(=O)N1CCN(C(=O)[C@H](CCC(=O)O)NC(=O)c2cc(NCCc3ccccc3C(=O)O)nc(-c3ccccc3)n2)CC1.O=CO. The van der Waals surface area contributed by atoms with Crippen LogP contribution in [0.1, 0.15) is 46.2 Å². The highest BCUT2D eigenvalue weighted by Crippen LogP contribution is 2.19. The van der Waals surface area contributed by atoms with Crippen molar-refractivity contribution in [2.24, 2.45) is 0 Å². The molecule has 2 aromatic carbocycles. The van der Waals surface area contributed by atoms with Gasteiger partial charge in [0.15, 0.2) is 5.82 Å². The minimum absolute atomic E-state index is 0.0532. The highest BCUT2D eigenvalue weighted by molar-refractivity contribution is 5.97.